The number of nitrogens with two attached hydrogens (primary N) is 1. The van der Waals surface area contributed by atoms with Crippen molar-refractivity contribution in [2.24, 2.45) is 11.7 Å². The van der Waals surface area contributed by atoms with Gasteiger partial charge in [0.2, 0.25) is 10.0 Å². The topological polar surface area (TPSA) is 63.4 Å². The van der Waals surface area contributed by atoms with Crippen LogP contribution in [0.25, 0.3) is 0 Å². The second kappa shape index (κ2) is 6.57. The Kier molecular flexibility index (Phi) is 5.72. The van der Waals surface area contributed by atoms with Crippen LogP contribution in [0.15, 0.2) is 0 Å². The van der Waals surface area contributed by atoms with Crippen molar-refractivity contribution in [3.8, 4) is 0 Å². The third-order valence-corrected chi connectivity index (χ3v) is 5.35. The monoisotopic (exact) mass is 248 g/mol. The third-order valence-electron chi connectivity index (χ3n) is 3.32. The zero-order chi connectivity index (χ0) is 12.0. The molecule has 0 aromatic rings. The summed E-state index contributed by atoms with van der Waals surface area (Å²) in [7, 11) is -1.39. The molecule has 0 heterocycles. The minimum atomic E-state index is -3.05. The van der Waals surface area contributed by atoms with Gasteiger partial charge in [0, 0.05) is 13.6 Å². The van der Waals surface area contributed by atoms with E-state index in [1.165, 1.54) is 23.6 Å². The fourth-order valence-electron chi connectivity index (χ4n) is 2.23. The molecule has 96 valence electrons. The van der Waals surface area contributed by atoms with E-state index < -0.39 is 10.0 Å². The van der Waals surface area contributed by atoms with Crippen molar-refractivity contribution in [3.63, 3.8) is 0 Å². The van der Waals surface area contributed by atoms with Gasteiger partial charge in [-0.15, -0.1) is 0 Å². The van der Waals surface area contributed by atoms with Crippen LogP contribution in [0, 0.1) is 5.92 Å². The standard InChI is InChI=1S/C11H24N2O2S/c1-13(9-5-8-12)16(14,15)10-11-6-3-2-4-7-11/h11H,2-10,12H2,1H3. The predicted octanol–water partition coefficient (Wildman–Crippen LogP) is 1.18. The van der Waals surface area contributed by atoms with E-state index in [4.69, 9.17) is 5.73 Å². The molecule has 0 aromatic heterocycles. The van der Waals surface area contributed by atoms with Crippen LogP contribution in [0.3, 0.4) is 0 Å². The van der Waals surface area contributed by atoms with Crippen molar-refractivity contribution < 1.29 is 8.42 Å². The highest BCUT2D eigenvalue weighted by Gasteiger charge is 2.24. The van der Waals surface area contributed by atoms with E-state index in [9.17, 15) is 8.42 Å². The Morgan fingerprint density at radius 2 is 1.88 bits per heavy atom. The van der Waals surface area contributed by atoms with E-state index in [0.29, 0.717) is 24.8 Å². The van der Waals surface area contributed by atoms with Gasteiger partial charge < -0.3 is 5.73 Å². The fraction of sp³-hybridized carbons (Fsp3) is 1.00. The summed E-state index contributed by atoms with van der Waals surface area (Å²) in [6, 6.07) is 0. The van der Waals surface area contributed by atoms with Gasteiger partial charge in [0.1, 0.15) is 0 Å². The molecule has 0 spiro atoms. The Balaban J connectivity index is 2.42. The molecule has 5 heteroatoms. The molecule has 1 aliphatic rings. The first kappa shape index (κ1) is 13.9. The molecule has 0 aliphatic heterocycles. The van der Waals surface area contributed by atoms with Gasteiger partial charge in [-0.25, -0.2) is 12.7 Å². The second-order valence-corrected chi connectivity index (χ2v) is 6.87. The molecular weight excluding hydrogens is 224 g/mol. The lowest BCUT2D eigenvalue weighted by atomic mass is 9.91. The molecule has 1 saturated carbocycles. The Hall–Kier alpha value is -0.130. The summed E-state index contributed by atoms with van der Waals surface area (Å²) in [5, 5.41) is 0. The summed E-state index contributed by atoms with van der Waals surface area (Å²) < 4.78 is 25.4. The van der Waals surface area contributed by atoms with E-state index in [2.05, 4.69) is 0 Å². The van der Waals surface area contributed by atoms with Crippen molar-refractivity contribution in [3.05, 3.63) is 0 Å². The van der Waals surface area contributed by atoms with Gasteiger partial charge in [-0.3, -0.25) is 0 Å². The normalized spacial score (nSPS) is 19.2. The Morgan fingerprint density at radius 1 is 1.25 bits per heavy atom. The average molecular weight is 248 g/mol. The first-order valence-electron chi connectivity index (χ1n) is 6.20. The molecule has 16 heavy (non-hydrogen) atoms. The highest BCUT2D eigenvalue weighted by molar-refractivity contribution is 7.89. The smallest absolute Gasteiger partial charge is 0.214 e. The van der Waals surface area contributed by atoms with E-state index in [-0.39, 0.29) is 0 Å². The summed E-state index contributed by atoms with van der Waals surface area (Å²) in [5.41, 5.74) is 5.38. The van der Waals surface area contributed by atoms with Crippen LogP contribution in [-0.4, -0.2) is 38.6 Å². The summed E-state index contributed by atoms with van der Waals surface area (Å²) in [4.78, 5) is 0. The summed E-state index contributed by atoms with van der Waals surface area (Å²) in [5.74, 6) is 0.702. The zero-order valence-corrected chi connectivity index (χ0v) is 11.0. The fourth-order valence-corrected chi connectivity index (χ4v) is 3.82. The van der Waals surface area contributed by atoms with Crippen molar-refractivity contribution in [1.82, 2.24) is 4.31 Å². The SMILES string of the molecule is CN(CCCN)S(=O)(=O)CC1CCCCC1. The molecule has 1 fully saturated rings. The molecule has 2 N–H and O–H groups in total. The first-order chi connectivity index (χ1) is 7.56. The number of nitrogens with zero attached hydrogens (tertiary/aromatic N) is 1. The minimum Gasteiger partial charge on any atom is -0.330 e. The molecule has 1 aliphatic carbocycles. The highest BCUT2D eigenvalue weighted by atomic mass is 32.2. The van der Waals surface area contributed by atoms with Crippen LogP contribution in [0.4, 0.5) is 0 Å². The Labute approximate surface area is 99.2 Å². The summed E-state index contributed by atoms with van der Waals surface area (Å²) >= 11 is 0. The quantitative estimate of drug-likeness (QED) is 0.767. The summed E-state index contributed by atoms with van der Waals surface area (Å²) in [6.07, 6.45) is 6.52. The van der Waals surface area contributed by atoms with Gasteiger partial charge in [0.25, 0.3) is 0 Å². The van der Waals surface area contributed by atoms with E-state index in [1.807, 2.05) is 0 Å². The van der Waals surface area contributed by atoms with E-state index in [1.54, 1.807) is 7.05 Å². The lowest BCUT2D eigenvalue weighted by Crippen LogP contribution is -2.34. The van der Waals surface area contributed by atoms with Crippen LogP contribution in [0.1, 0.15) is 38.5 Å². The lowest BCUT2D eigenvalue weighted by Gasteiger charge is -2.24. The number of hydrogen-bond donors (Lipinski definition) is 1. The number of hydrogen-bond acceptors (Lipinski definition) is 3. The van der Waals surface area contributed by atoms with Crippen LogP contribution in [0.5, 0.6) is 0 Å². The van der Waals surface area contributed by atoms with Crippen LogP contribution in [-0.2, 0) is 10.0 Å². The molecule has 0 atom stereocenters. The maximum atomic E-state index is 12.0. The maximum absolute atomic E-state index is 12.0. The molecular formula is C11H24N2O2S. The molecule has 0 radical (unpaired) electrons. The molecule has 1 rings (SSSR count). The van der Waals surface area contributed by atoms with Crippen LogP contribution < -0.4 is 5.73 Å². The van der Waals surface area contributed by atoms with Crippen LogP contribution >= 0.6 is 0 Å². The number of rotatable bonds is 6. The van der Waals surface area contributed by atoms with Gasteiger partial charge in [0.05, 0.1) is 5.75 Å². The second-order valence-electron chi connectivity index (χ2n) is 4.75. The van der Waals surface area contributed by atoms with Gasteiger partial charge >= 0.3 is 0 Å². The predicted molar refractivity (Wildman–Crippen MR) is 66.7 cm³/mol. The van der Waals surface area contributed by atoms with Crippen molar-refractivity contribution in [2.45, 2.75) is 38.5 Å². The Bertz CT molecular complexity index is 284. The van der Waals surface area contributed by atoms with Gasteiger partial charge in [-0.2, -0.15) is 0 Å². The van der Waals surface area contributed by atoms with Crippen molar-refractivity contribution >= 4 is 10.0 Å². The minimum absolute atomic E-state index is 0.327. The van der Waals surface area contributed by atoms with Gasteiger partial charge in [-0.1, -0.05) is 19.3 Å². The third kappa shape index (κ3) is 4.39. The zero-order valence-electron chi connectivity index (χ0n) is 10.2. The van der Waals surface area contributed by atoms with E-state index in [0.717, 1.165) is 19.3 Å². The van der Waals surface area contributed by atoms with Crippen molar-refractivity contribution in [2.75, 3.05) is 25.9 Å². The molecule has 0 aromatic carbocycles. The first-order valence-corrected chi connectivity index (χ1v) is 7.81. The molecule has 4 nitrogen and oxygen atoms in total. The van der Waals surface area contributed by atoms with Gasteiger partial charge in [0.15, 0.2) is 0 Å². The average Bonchev–Trinajstić information content (AvgIpc) is 2.26. The molecule has 0 unspecified atom stereocenters. The molecule has 0 saturated heterocycles. The van der Waals surface area contributed by atoms with Crippen LogP contribution in [0.2, 0.25) is 0 Å². The Morgan fingerprint density at radius 3 is 2.44 bits per heavy atom. The van der Waals surface area contributed by atoms with E-state index >= 15 is 0 Å². The highest BCUT2D eigenvalue weighted by Crippen LogP contribution is 2.25. The largest absolute Gasteiger partial charge is 0.330 e. The maximum Gasteiger partial charge on any atom is 0.214 e. The van der Waals surface area contributed by atoms with Crippen molar-refractivity contribution in [1.29, 1.82) is 0 Å². The summed E-state index contributed by atoms with van der Waals surface area (Å²) in [6.45, 7) is 1.09. The molecule has 0 amide bonds. The lowest BCUT2D eigenvalue weighted by molar-refractivity contribution is 0.375. The van der Waals surface area contributed by atoms with Gasteiger partial charge in [-0.05, 0) is 31.7 Å². The molecule has 0 bridgehead atoms. The number of sulfonamides is 1.